The number of nitrogens with zero attached hydrogens (tertiary/aromatic N) is 4. The van der Waals surface area contributed by atoms with E-state index in [9.17, 15) is 51.0 Å². The number of aliphatic hydroxyl groups is 1. The second-order valence-corrected chi connectivity index (χ2v) is 14.4. The van der Waals surface area contributed by atoms with Crippen LogP contribution in [0.15, 0.2) is 66.9 Å². The molecule has 0 aliphatic carbocycles. The quantitative estimate of drug-likeness (QED) is 0.143. The van der Waals surface area contributed by atoms with Gasteiger partial charge in [0.1, 0.15) is 23.6 Å². The molecule has 0 saturated carbocycles. The van der Waals surface area contributed by atoms with E-state index in [1.54, 1.807) is 30.2 Å². The molecule has 2 aliphatic heterocycles. The molecule has 0 radical (unpaired) electrons. The van der Waals surface area contributed by atoms with Crippen LogP contribution in [0.4, 0.5) is 22.0 Å². The molecule has 2 aliphatic rings. The number of aliphatic hydroxyl groups excluding tert-OH is 1. The number of hydrogen-bond donors (Lipinski definition) is 3. The second-order valence-electron chi connectivity index (χ2n) is 14.4. The number of aromatic nitrogens is 2. The zero-order valence-electron chi connectivity index (χ0n) is 30.0. The highest BCUT2D eigenvalue weighted by molar-refractivity contribution is 6.12. The van der Waals surface area contributed by atoms with Gasteiger partial charge in [0.25, 0.3) is 17.7 Å². The maximum atomic E-state index is 14.9. The molecule has 1 saturated heterocycles. The van der Waals surface area contributed by atoms with Crippen molar-refractivity contribution in [1.29, 1.82) is 0 Å². The van der Waals surface area contributed by atoms with Crippen LogP contribution in [-0.2, 0) is 35.4 Å². The summed E-state index contributed by atoms with van der Waals surface area (Å²) in [5.41, 5.74) is 1.39. The van der Waals surface area contributed by atoms with Crippen molar-refractivity contribution >= 4 is 29.6 Å². The maximum Gasteiger partial charge on any atom is 0.493 e. The lowest BCUT2D eigenvalue weighted by molar-refractivity contribution is -0.208. The van der Waals surface area contributed by atoms with Crippen LogP contribution < -0.4 is 10.8 Å². The standard InChI is InChI=1S/C37H39F5N6O7/c1-36(2,3)30(32-44-27(24-15-23(38)9-10-26(24)39)20-47(32)17-21-7-5-4-6-8-21)31(51)34(53)43-16-22-18-46(13-14-48-28(49)11-12-29(48)50)19-25(22)33(52)45-55-35(54)37(40,41)42/h4-12,15,20,22,25,30-31,51H,13-14,16-19H2,1-3H3,(H,43,53)(H,45,52)/t22?,25?,30-,31?/m0/s1. The van der Waals surface area contributed by atoms with Gasteiger partial charge in [-0.15, -0.1) is 0 Å². The average molecular weight is 775 g/mol. The second kappa shape index (κ2) is 16.5. The van der Waals surface area contributed by atoms with Gasteiger partial charge in [0.15, 0.2) is 0 Å². The Labute approximate surface area is 312 Å². The largest absolute Gasteiger partial charge is 0.493 e. The highest BCUT2D eigenvalue weighted by Crippen LogP contribution is 2.39. The van der Waals surface area contributed by atoms with E-state index < -0.39 is 76.7 Å². The molecule has 55 heavy (non-hydrogen) atoms. The van der Waals surface area contributed by atoms with E-state index in [0.717, 1.165) is 40.8 Å². The Morgan fingerprint density at radius 3 is 2.29 bits per heavy atom. The number of benzene rings is 2. The lowest BCUT2D eigenvalue weighted by Gasteiger charge is -2.34. The highest BCUT2D eigenvalue weighted by Gasteiger charge is 2.45. The number of nitrogens with one attached hydrogen (secondary N) is 2. The minimum absolute atomic E-state index is 0.0536. The summed E-state index contributed by atoms with van der Waals surface area (Å²) in [5, 5.41) is 14.3. The monoisotopic (exact) mass is 774 g/mol. The van der Waals surface area contributed by atoms with Gasteiger partial charge in [-0.05, 0) is 29.2 Å². The van der Waals surface area contributed by atoms with Gasteiger partial charge in [-0.25, -0.2) is 18.6 Å². The molecule has 5 rings (SSSR count). The predicted molar refractivity (Wildman–Crippen MR) is 184 cm³/mol. The van der Waals surface area contributed by atoms with E-state index in [4.69, 9.17) is 0 Å². The Morgan fingerprint density at radius 2 is 1.65 bits per heavy atom. The van der Waals surface area contributed by atoms with Crippen LogP contribution in [0.5, 0.6) is 0 Å². The summed E-state index contributed by atoms with van der Waals surface area (Å²) >= 11 is 0. The number of hydrogen-bond acceptors (Lipinski definition) is 9. The van der Waals surface area contributed by atoms with Crippen LogP contribution in [0.1, 0.15) is 38.1 Å². The van der Waals surface area contributed by atoms with Gasteiger partial charge in [0.05, 0.1) is 17.5 Å². The van der Waals surface area contributed by atoms with Crippen LogP contribution in [0.25, 0.3) is 11.3 Å². The summed E-state index contributed by atoms with van der Waals surface area (Å²) in [6, 6.07) is 12.0. The minimum atomic E-state index is -5.38. The van der Waals surface area contributed by atoms with E-state index in [1.807, 2.05) is 30.3 Å². The Hall–Kier alpha value is -5.49. The molecule has 3 aromatic rings. The first-order valence-corrected chi connectivity index (χ1v) is 17.2. The molecule has 1 aromatic heterocycles. The highest BCUT2D eigenvalue weighted by atomic mass is 19.4. The Kier molecular flexibility index (Phi) is 12.2. The molecule has 0 spiro atoms. The number of halogens is 5. The normalized spacial score (nSPS) is 18.7. The number of imide groups is 1. The number of hydroxylamine groups is 1. The van der Waals surface area contributed by atoms with Crippen molar-refractivity contribution in [2.75, 3.05) is 32.7 Å². The van der Waals surface area contributed by atoms with Crippen molar-refractivity contribution < 1.29 is 55.9 Å². The summed E-state index contributed by atoms with van der Waals surface area (Å²) in [4.78, 5) is 73.3. The summed E-state index contributed by atoms with van der Waals surface area (Å²) in [6.45, 7) is 5.12. The van der Waals surface area contributed by atoms with Crippen LogP contribution in [0, 0.1) is 28.9 Å². The van der Waals surface area contributed by atoms with Crippen molar-refractivity contribution in [3.8, 4) is 11.3 Å². The van der Waals surface area contributed by atoms with Crippen molar-refractivity contribution in [2.24, 2.45) is 17.3 Å². The fourth-order valence-electron chi connectivity index (χ4n) is 6.67. The first-order valence-electron chi connectivity index (χ1n) is 17.2. The fraction of sp³-hybridized carbons (Fsp3) is 0.405. The SMILES string of the molecule is CC(C)(C)[C@H](c1nc(-c2cc(F)ccc2F)cn1Cc1ccccc1)C(O)C(=O)NCC1CN(CCN2C(=O)C=CC2=O)CC1C(=O)NOC(=O)C(F)(F)F. The molecular weight excluding hydrogens is 735 g/mol. The van der Waals surface area contributed by atoms with Gasteiger partial charge in [0, 0.05) is 69.1 Å². The smallest absolute Gasteiger partial charge is 0.382 e. The van der Waals surface area contributed by atoms with Gasteiger partial charge in [-0.3, -0.25) is 24.1 Å². The van der Waals surface area contributed by atoms with Crippen molar-refractivity contribution in [3.05, 3.63) is 89.9 Å². The molecule has 13 nitrogen and oxygen atoms in total. The lowest BCUT2D eigenvalue weighted by atomic mass is 9.76. The topological polar surface area (TPSA) is 163 Å². The van der Waals surface area contributed by atoms with Crippen molar-refractivity contribution in [1.82, 2.24) is 30.1 Å². The summed E-state index contributed by atoms with van der Waals surface area (Å²) in [7, 11) is 0. The number of rotatable bonds is 12. The van der Waals surface area contributed by atoms with Crippen LogP contribution >= 0.6 is 0 Å². The van der Waals surface area contributed by atoms with Gasteiger partial charge in [-0.1, -0.05) is 51.1 Å². The zero-order valence-corrected chi connectivity index (χ0v) is 30.0. The summed E-state index contributed by atoms with van der Waals surface area (Å²) < 4.78 is 69.0. The predicted octanol–water partition coefficient (Wildman–Crippen LogP) is 3.09. The fourth-order valence-corrected chi connectivity index (χ4v) is 6.67. The molecule has 4 atom stereocenters. The molecule has 4 amide bonds. The zero-order chi connectivity index (χ0) is 40.2. The number of carbonyl (C=O) groups is 5. The number of imidazole rings is 1. The van der Waals surface area contributed by atoms with Gasteiger partial charge >= 0.3 is 12.1 Å². The number of likely N-dealkylation sites (tertiary alicyclic amines) is 1. The molecule has 294 valence electrons. The number of carbonyl (C=O) groups excluding carboxylic acids is 5. The van der Waals surface area contributed by atoms with E-state index in [2.05, 4.69) is 15.1 Å². The molecule has 3 N–H and O–H groups in total. The molecular formula is C37H39F5N6O7. The Balaban J connectivity index is 1.37. The average Bonchev–Trinajstić information content (AvgIpc) is 3.81. The van der Waals surface area contributed by atoms with E-state index in [1.165, 1.54) is 11.7 Å². The van der Waals surface area contributed by atoms with Crippen LogP contribution in [0.3, 0.4) is 0 Å². The molecule has 3 heterocycles. The first kappa shape index (κ1) is 40.7. The van der Waals surface area contributed by atoms with Gasteiger partial charge in [-0.2, -0.15) is 18.7 Å². The molecule has 1 fully saturated rings. The molecule has 2 aromatic carbocycles. The van der Waals surface area contributed by atoms with Crippen molar-refractivity contribution in [3.63, 3.8) is 0 Å². The first-order chi connectivity index (χ1) is 25.8. The molecule has 18 heteroatoms. The number of amides is 4. The lowest BCUT2D eigenvalue weighted by Crippen LogP contribution is -2.46. The number of alkyl halides is 3. The van der Waals surface area contributed by atoms with Crippen molar-refractivity contribution in [2.45, 2.75) is 45.5 Å². The molecule has 0 bridgehead atoms. The molecule has 3 unspecified atom stereocenters. The van der Waals surface area contributed by atoms with E-state index in [-0.39, 0.29) is 56.4 Å². The van der Waals surface area contributed by atoms with E-state index in [0.29, 0.717) is 0 Å². The Morgan fingerprint density at radius 1 is 0.982 bits per heavy atom. The van der Waals surface area contributed by atoms with Crippen LogP contribution in [-0.4, -0.2) is 99.1 Å². The maximum absolute atomic E-state index is 14.9. The minimum Gasteiger partial charge on any atom is -0.382 e. The van der Waals surface area contributed by atoms with Gasteiger partial charge < -0.3 is 24.7 Å². The summed E-state index contributed by atoms with van der Waals surface area (Å²) in [6.07, 6.45) is -3.47. The Bertz CT molecular complexity index is 1940. The summed E-state index contributed by atoms with van der Waals surface area (Å²) in [5.74, 6) is -9.97. The third-order valence-electron chi connectivity index (χ3n) is 9.41. The third-order valence-corrected chi connectivity index (χ3v) is 9.41. The van der Waals surface area contributed by atoms with Gasteiger partial charge in [0.2, 0.25) is 5.91 Å². The van der Waals surface area contributed by atoms with Crippen LogP contribution in [0.2, 0.25) is 0 Å². The third kappa shape index (κ3) is 9.79. The van der Waals surface area contributed by atoms with E-state index >= 15 is 0 Å².